The van der Waals surface area contributed by atoms with Crippen molar-refractivity contribution in [1.29, 1.82) is 0 Å². The molecule has 0 aliphatic carbocycles. The number of carbonyl (C=O) groups is 2. The average molecular weight is 713 g/mol. The predicted octanol–water partition coefficient (Wildman–Crippen LogP) is 6.76. The molecule has 2 atom stereocenters. The molecule has 48 heavy (non-hydrogen) atoms. The maximum atomic E-state index is 14.7. The van der Waals surface area contributed by atoms with Crippen molar-refractivity contribution in [1.82, 2.24) is 10.2 Å². The van der Waals surface area contributed by atoms with Crippen molar-refractivity contribution in [2.45, 2.75) is 50.2 Å². The number of rotatable bonds is 15. The van der Waals surface area contributed by atoms with Gasteiger partial charge in [0, 0.05) is 25.1 Å². The number of nitrogens with zero attached hydrogens (tertiary/aromatic N) is 2. The van der Waals surface area contributed by atoms with Crippen LogP contribution in [0.15, 0.2) is 102 Å². The lowest BCUT2D eigenvalue weighted by Crippen LogP contribution is -2.54. The first-order valence-electron chi connectivity index (χ1n) is 15.4. The molecule has 0 aliphatic rings. The predicted molar refractivity (Wildman–Crippen MR) is 189 cm³/mol. The van der Waals surface area contributed by atoms with Gasteiger partial charge in [-0.25, -0.2) is 8.42 Å². The van der Waals surface area contributed by atoms with Crippen LogP contribution in [0.1, 0.15) is 31.4 Å². The zero-order valence-electron chi connectivity index (χ0n) is 27.2. The highest BCUT2D eigenvalue weighted by Crippen LogP contribution is 2.36. The minimum Gasteiger partial charge on any atom is -0.497 e. The van der Waals surface area contributed by atoms with Crippen molar-refractivity contribution in [3.8, 4) is 11.5 Å². The molecule has 254 valence electrons. The van der Waals surface area contributed by atoms with Crippen molar-refractivity contribution in [2.75, 3.05) is 25.1 Å². The lowest BCUT2D eigenvalue weighted by molar-refractivity contribution is -0.140. The Morgan fingerprint density at radius 1 is 0.833 bits per heavy atom. The maximum absolute atomic E-state index is 14.7. The van der Waals surface area contributed by atoms with Crippen molar-refractivity contribution in [3.05, 3.63) is 118 Å². The van der Waals surface area contributed by atoms with E-state index in [9.17, 15) is 18.0 Å². The van der Waals surface area contributed by atoms with Crippen molar-refractivity contribution in [2.24, 2.45) is 0 Å². The highest BCUT2D eigenvalue weighted by molar-refractivity contribution is 7.92. The van der Waals surface area contributed by atoms with Gasteiger partial charge in [0.25, 0.3) is 10.0 Å². The molecule has 0 spiro atoms. The van der Waals surface area contributed by atoms with E-state index in [2.05, 4.69) is 5.32 Å². The van der Waals surface area contributed by atoms with Crippen molar-refractivity contribution < 1.29 is 27.5 Å². The van der Waals surface area contributed by atoms with Crippen LogP contribution < -0.4 is 19.1 Å². The quantitative estimate of drug-likeness (QED) is 0.146. The molecule has 0 fully saturated rings. The molecule has 0 unspecified atom stereocenters. The number of carbonyl (C=O) groups excluding carboxylic acids is 2. The normalized spacial score (nSPS) is 12.5. The van der Waals surface area contributed by atoms with Crippen LogP contribution in [0.5, 0.6) is 11.5 Å². The van der Waals surface area contributed by atoms with E-state index < -0.39 is 28.5 Å². The summed E-state index contributed by atoms with van der Waals surface area (Å²) in [6.45, 7) is 3.11. The van der Waals surface area contributed by atoms with Gasteiger partial charge in [0.1, 0.15) is 24.1 Å². The molecule has 12 heteroatoms. The fourth-order valence-electron chi connectivity index (χ4n) is 5.05. The lowest BCUT2D eigenvalue weighted by Gasteiger charge is -2.34. The fraction of sp³-hybridized carbons (Fsp3) is 0.278. The Balaban J connectivity index is 1.88. The number of methoxy groups -OCH3 is 2. The molecule has 4 aromatic carbocycles. The van der Waals surface area contributed by atoms with E-state index >= 15 is 0 Å². The van der Waals surface area contributed by atoms with Crippen LogP contribution in [0.25, 0.3) is 0 Å². The molecule has 1 N–H and O–H groups in total. The monoisotopic (exact) mass is 711 g/mol. The Bertz CT molecular complexity index is 1810. The standard InChI is InChI=1S/C36H39Cl2N3O6S/c1-5-25(2)39-36(43)33(21-26-12-8-6-9-13-26)40(23-27-16-18-30(37)31(38)20-27)35(42)24-41(48(44,45)29-14-10-7-11-15-29)32-22-28(46-3)17-19-34(32)47-4/h6-20,22,25,33H,5,21,23-24H2,1-4H3,(H,39,43)/t25-,33+/m1/s1. The Hall–Kier alpha value is -4.25. The van der Waals surface area contributed by atoms with Gasteiger partial charge in [-0.2, -0.15) is 0 Å². The summed E-state index contributed by atoms with van der Waals surface area (Å²) in [5.74, 6) is -0.452. The van der Waals surface area contributed by atoms with Crippen LogP contribution in [0.3, 0.4) is 0 Å². The summed E-state index contributed by atoms with van der Waals surface area (Å²) in [4.78, 5) is 30.1. The molecule has 2 amide bonds. The molecule has 0 aliphatic heterocycles. The average Bonchev–Trinajstić information content (AvgIpc) is 3.10. The van der Waals surface area contributed by atoms with Crippen molar-refractivity contribution in [3.63, 3.8) is 0 Å². The molecular formula is C36H39Cl2N3O6S. The second kappa shape index (κ2) is 16.7. The first kappa shape index (κ1) is 36.6. The first-order chi connectivity index (χ1) is 23.0. The molecule has 9 nitrogen and oxygen atoms in total. The summed E-state index contributed by atoms with van der Waals surface area (Å²) in [5.41, 5.74) is 1.51. The zero-order chi connectivity index (χ0) is 34.8. The highest BCUT2D eigenvalue weighted by atomic mass is 35.5. The number of anilines is 1. The third-order valence-corrected chi connectivity index (χ3v) is 10.4. The van der Waals surface area contributed by atoms with Crippen LogP contribution in [0.2, 0.25) is 10.0 Å². The number of nitrogens with one attached hydrogen (secondary N) is 1. The van der Waals surface area contributed by atoms with E-state index in [1.807, 2.05) is 44.2 Å². The number of hydrogen-bond acceptors (Lipinski definition) is 6. The molecule has 0 radical (unpaired) electrons. The Labute approximate surface area is 292 Å². The van der Waals surface area contributed by atoms with Gasteiger partial charge < -0.3 is 19.7 Å². The molecule has 4 aromatic rings. The number of ether oxygens (including phenoxy) is 2. The summed E-state index contributed by atoms with van der Waals surface area (Å²) in [6.07, 6.45) is 0.841. The van der Waals surface area contributed by atoms with E-state index in [-0.39, 0.29) is 46.3 Å². The molecule has 0 bridgehead atoms. The largest absolute Gasteiger partial charge is 0.497 e. The SMILES string of the molecule is CC[C@@H](C)NC(=O)[C@H](Cc1ccccc1)N(Cc1ccc(Cl)c(Cl)c1)C(=O)CN(c1cc(OC)ccc1OC)S(=O)(=O)c1ccccc1. The lowest BCUT2D eigenvalue weighted by atomic mass is 10.0. The topological polar surface area (TPSA) is 105 Å². The van der Waals surface area contributed by atoms with Crippen molar-refractivity contribution >= 4 is 50.7 Å². The molecule has 0 aromatic heterocycles. The van der Waals surface area contributed by atoms with Gasteiger partial charge in [-0.1, -0.05) is 84.7 Å². The summed E-state index contributed by atoms with van der Waals surface area (Å²) in [6, 6.07) is 25.6. The third kappa shape index (κ3) is 9.00. The van der Waals surface area contributed by atoms with Gasteiger partial charge >= 0.3 is 0 Å². The Kier molecular flexibility index (Phi) is 12.7. The van der Waals surface area contributed by atoms with E-state index in [0.717, 1.165) is 9.87 Å². The van der Waals surface area contributed by atoms with Crippen LogP contribution >= 0.6 is 23.2 Å². The van der Waals surface area contributed by atoms with Gasteiger partial charge in [-0.3, -0.25) is 13.9 Å². The number of amides is 2. The Morgan fingerprint density at radius 3 is 2.10 bits per heavy atom. The van der Waals surface area contributed by atoms with E-state index in [1.54, 1.807) is 48.5 Å². The molecule has 0 saturated carbocycles. The molecule has 4 rings (SSSR count). The minimum atomic E-state index is -4.34. The number of hydrogen-bond donors (Lipinski definition) is 1. The highest BCUT2D eigenvalue weighted by Gasteiger charge is 2.36. The van der Waals surface area contributed by atoms with Gasteiger partial charge in [0.2, 0.25) is 11.8 Å². The summed E-state index contributed by atoms with van der Waals surface area (Å²) in [5, 5.41) is 3.63. The molecule has 0 saturated heterocycles. The summed E-state index contributed by atoms with van der Waals surface area (Å²) < 4.78 is 40.6. The van der Waals surface area contributed by atoms with Gasteiger partial charge in [0.15, 0.2) is 0 Å². The Morgan fingerprint density at radius 2 is 1.50 bits per heavy atom. The van der Waals surface area contributed by atoms with Gasteiger partial charge in [-0.15, -0.1) is 0 Å². The van der Waals surface area contributed by atoms with Gasteiger partial charge in [0.05, 0.1) is 34.8 Å². The number of halogens is 2. The number of sulfonamides is 1. The maximum Gasteiger partial charge on any atom is 0.264 e. The van der Waals surface area contributed by atoms with Crippen LogP contribution in [0, 0.1) is 0 Å². The summed E-state index contributed by atoms with van der Waals surface area (Å²) in [7, 11) is -1.48. The zero-order valence-corrected chi connectivity index (χ0v) is 29.6. The van der Waals surface area contributed by atoms with Crippen LogP contribution in [0.4, 0.5) is 5.69 Å². The second-order valence-corrected chi connectivity index (χ2v) is 13.8. The fourth-order valence-corrected chi connectivity index (χ4v) is 6.81. The first-order valence-corrected chi connectivity index (χ1v) is 17.6. The molecule has 0 heterocycles. The number of benzene rings is 4. The van der Waals surface area contributed by atoms with Crippen LogP contribution in [-0.2, 0) is 32.6 Å². The third-order valence-electron chi connectivity index (χ3n) is 7.87. The molecular weight excluding hydrogens is 673 g/mol. The van der Waals surface area contributed by atoms with Gasteiger partial charge in [-0.05, 0) is 60.9 Å². The van der Waals surface area contributed by atoms with Crippen LogP contribution in [-0.4, -0.2) is 58.0 Å². The van der Waals surface area contributed by atoms with E-state index in [4.69, 9.17) is 32.7 Å². The minimum absolute atomic E-state index is 0.0333. The second-order valence-electron chi connectivity index (χ2n) is 11.2. The van der Waals surface area contributed by atoms with E-state index in [1.165, 1.54) is 37.3 Å². The van der Waals surface area contributed by atoms with E-state index in [0.29, 0.717) is 22.8 Å². The summed E-state index contributed by atoms with van der Waals surface area (Å²) >= 11 is 12.6. The smallest absolute Gasteiger partial charge is 0.264 e.